The van der Waals surface area contributed by atoms with Gasteiger partial charge < -0.3 is 15.5 Å². The number of hydrogen-bond donors (Lipinski definition) is 2. The second-order valence-corrected chi connectivity index (χ2v) is 8.13. The molecule has 1 aliphatic heterocycles. The van der Waals surface area contributed by atoms with Gasteiger partial charge in [-0.3, -0.25) is 19.9 Å². The van der Waals surface area contributed by atoms with Crippen molar-refractivity contribution in [1.82, 2.24) is 4.98 Å². The summed E-state index contributed by atoms with van der Waals surface area (Å²) in [5, 5.41) is 17.8. The van der Waals surface area contributed by atoms with E-state index in [0.717, 1.165) is 37.3 Å². The Labute approximate surface area is 192 Å². The summed E-state index contributed by atoms with van der Waals surface area (Å²) in [5.74, 6) is -0.383. The number of hydrogen-bond acceptors (Lipinski definition) is 6. The molecule has 1 atom stereocenters. The second kappa shape index (κ2) is 10.1. The summed E-state index contributed by atoms with van der Waals surface area (Å²) >= 11 is 0. The van der Waals surface area contributed by atoms with Gasteiger partial charge in [0.2, 0.25) is 0 Å². The first-order valence-corrected chi connectivity index (χ1v) is 11.1. The molecular formula is C25H27N5O3. The van der Waals surface area contributed by atoms with E-state index in [1.807, 2.05) is 49.4 Å². The van der Waals surface area contributed by atoms with Gasteiger partial charge in [-0.1, -0.05) is 18.2 Å². The van der Waals surface area contributed by atoms with Crippen LogP contribution in [0.5, 0.6) is 0 Å². The van der Waals surface area contributed by atoms with Gasteiger partial charge in [-0.15, -0.1) is 0 Å². The van der Waals surface area contributed by atoms with Crippen LogP contribution < -0.4 is 15.5 Å². The molecule has 4 rings (SSSR count). The van der Waals surface area contributed by atoms with Crippen molar-refractivity contribution in [3.63, 3.8) is 0 Å². The highest BCUT2D eigenvalue weighted by molar-refractivity contribution is 6.06. The average Bonchev–Trinajstić information content (AvgIpc) is 2.85. The summed E-state index contributed by atoms with van der Waals surface area (Å²) in [6.07, 6.45) is 5.14. The highest BCUT2D eigenvalue weighted by Gasteiger charge is 2.21. The number of benzene rings is 2. The van der Waals surface area contributed by atoms with Crippen LogP contribution in [0.2, 0.25) is 0 Å². The predicted octanol–water partition coefficient (Wildman–Crippen LogP) is 5.41. The minimum Gasteiger partial charge on any atom is -0.371 e. The fourth-order valence-electron chi connectivity index (χ4n) is 4.07. The minimum absolute atomic E-state index is 0.158. The van der Waals surface area contributed by atoms with Gasteiger partial charge in [0.15, 0.2) is 0 Å². The van der Waals surface area contributed by atoms with Crippen molar-refractivity contribution in [3.8, 4) is 0 Å². The summed E-state index contributed by atoms with van der Waals surface area (Å²) in [6, 6.07) is 17.5. The SMILES string of the molecule is CC(Nc1ccc(C(=O)Nc2ccccc2N2CCCCC2)cc1[N+](=O)[O-])c1ccccn1. The lowest BCUT2D eigenvalue weighted by atomic mass is 10.1. The van der Waals surface area contributed by atoms with E-state index in [9.17, 15) is 14.9 Å². The van der Waals surface area contributed by atoms with Gasteiger partial charge in [0.1, 0.15) is 5.69 Å². The van der Waals surface area contributed by atoms with Crippen molar-refractivity contribution in [2.24, 2.45) is 0 Å². The van der Waals surface area contributed by atoms with Gasteiger partial charge in [-0.2, -0.15) is 0 Å². The lowest BCUT2D eigenvalue weighted by Gasteiger charge is -2.30. The summed E-state index contributed by atoms with van der Waals surface area (Å²) in [7, 11) is 0. The Hall–Kier alpha value is -3.94. The van der Waals surface area contributed by atoms with Crippen molar-refractivity contribution in [1.29, 1.82) is 0 Å². The van der Waals surface area contributed by atoms with Crippen LogP contribution in [-0.2, 0) is 0 Å². The van der Waals surface area contributed by atoms with Crippen LogP contribution >= 0.6 is 0 Å². The maximum absolute atomic E-state index is 13.0. The monoisotopic (exact) mass is 445 g/mol. The van der Waals surface area contributed by atoms with E-state index in [2.05, 4.69) is 20.5 Å². The number of pyridine rings is 1. The predicted molar refractivity (Wildman–Crippen MR) is 130 cm³/mol. The van der Waals surface area contributed by atoms with Crippen molar-refractivity contribution >= 4 is 28.7 Å². The zero-order valence-corrected chi connectivity index (χ0v) is 18.5. The standard InChI is InChI=1S/C25H27N5O3/c1-18(20-9-5-6-14-26-20)27-22-13-12-19(17-24(22)30(32)33)25(31)28-21-10-3-4-11-23(21)29-15-7-2-8-16-29/h3-6,9-14,17-18,27H,2,7-8,15-16H2,1H3,(H,28,31). The van der Waals surface area contributed by atoms with E-state index in [0.29, 0.717) is 11.4 Å². The number of aromatic nitrogens is 1. The second-order valence-electron chi connectivity index (χ2n) is 8.13. The molecule has 0 saturated carbocycles. The number of nitro groups is 1. The largest absolute Gasteiger partial charge is 0.371 e. The number of amides is 1. The molecule has 8 heteroatoms. The molecule has 2 N–H and O–H groups in total. The van der Waals surface area contributed by atoms with Crippen molar-refractivity contribution in [2.45, 2.75) is 32.2 Å². The van der Waals surface area contributed by atoms with Gasteiger partial charge in [0, 0.05) is 30.9 Å². The fourth-order valence-corrected chi connectivity index (χ4v) is 4.07. The van der Waals surface area contributed by atoms with Crippen LogP contribution in [0.4, 0.5) is 22.7 Å². The van der Waals surface area contributed by atoms with Crippen LogP contribution in [0.25, 0.3) is 0 Å². The van der Waals surface area contributed by atoms with Gasteiger partial charge in [0.25, 0.3) is 11.6 Å². The zero-order valence-electron chi connectivity index (χ0n) is 18.5. The first-order valence-electron chi connectivity index (χ1n) is 11.1. The molecule has 2 heterocycles. The van der Waals surface area contributed by atoms with Gasteiger partial charge in [0.05, 0.1) is 28.0 Å². The third-order valence-electron chi connectivity index (χ3n) is 5.81. The molecule has 3 aromatic rings. The number of nitrogens with one attached hydrogen (secondary N) is 2. The van der Waals surface area contributed by atoms with E-state index in [-0.39, 0.29) is 23.2 Å². The Morgan fingerprint density at radius 1 is 1.03 bits per heavy atom. The van der Waals surface area contributed by atoms with Crippen molar-refractivity contribution in [2.75, 3.05) is 28.6 Å². The number of carbonyl (C=O) groups excluding carboxylic acids is 1. The summed E-state index contributed by atoms with van der Waals surface area (Å²) in [4.78, 5) is 30.8. The normalized spacial score (nSPS) is 14.4. The third-order valence-corrected chi connectivity index (χ3v) is 5.81. The maximum Gasteiger partial charge on any atom is 0.293 e. The highest BCUT2D eigenvalue weighted by atomic mass is 16.6. The van der Waals surface area contributed by atoms with Gasteiger partial charge >= 0.3 is 0 Å². The van der Waals surface area contributed by atoms with Crippen molar-refractivity contribution in [3.05, 3.63) is 88.2 Å². The van der Waals surface area contributed by atoms with Gasteiger partial charge in [-0.05, 0) is 62.6 Å². The van der Waals surface area contributed by atoms with E-state index in [4.69, 9.17) is 0 Å². The van der Waals surface area contributed by atoms with E-state index < -0.39 is 4.92 Å². The molecule has 2 aromatic carbocycles. The van der Waals surface area contributed by atoms with Crippen LogP contribution in [0.15, 0.2) is 66.9 Å². The number of piperidine rings is 1. The molecule has 33 heavy (non-hydrogen) atoms. The molecule has 1 unspecified atom stereocenters. The number of para-hydroxylation sites is 2. The highest BCUT2D eigenvalue weighted by Crippen LogP contribution is 2.31. The zero-order chi connectivity index (χ0) is 23.2. The van der Waals surface area contributed by atoms with E-state index >= 15 is 0 Å². The number of anilines is 3. The number of nitro benzene ring substituents is 1. The van der Waals surface area contributed by atoms with Crippen molar-refractivity contribution < 1.29 is 9.72 Å². The van der Waals surface area contributed by atoms with E-state index in [1.165, 1.54) is 12.5 Å². The number of rotatable bonds is 7. The first kappa shape index (κ1) is 22.3. The molecule has 0 aliphatic carbocycles. The Morgan fingerprint density at radius 3 is 2.52 bits per heavy atom. The van der Waals surface area contributed by atoms with Crippen LogP contribution in [0.1, 0.15) is 48.3 Å². The quantitative estimate of drug-likeness (QED) is 0.373. The Morgan fingerprint density at radius 2 is 1.79 bits per heavy atom. The van der Waals surface area contributed by atoms with Crippen LogP contribution in [0.3, 0.4) is 0 Å². The smallest absolute Gasteiger partial charge is 0.293 e. The molecule has 1 amide bonds. The summed E-state index contributed by atoms with van der Waals surface area (Å²) in [5.41, 5.74) is 2.85. The van der Waals surface area contributed by atoms with E-state index in [1.54, 1.807) is 18.3 Å². The number of nitrogens with zero attached hydrogens (tertiary/aromatic N) is 3. The molecule has 0 radical (unpaired) electrons. The molecule has 170 valence electrons. The third kappa shape index (κ3) is 5.28. The van der Waals surface area contributed by atoms with Crippen LogP contribution in [-0.4, -0.2) is 28.9 Å². The summed E-state index contributed by atoms with van der Waals surface area (Å²) < 4.78 is 0. The Kier molecular flexibility index (Phi) is 6.83. The number of carbonyl (C=O) groups is 1. The summed E-state index contributed by atoms with van der Waals surface area (Å²) in [6.45, 7) is 3.78. The molecule has 0 bridgehead atoms. The first-order chi connectivity index (χ1) is 16.0. The molecule has 1 aromatic heterocycles. The lowest BCUT2D eigenvalue weighted by Crippen LogP contribution is -2.30. The van der Waals surface area contributed by atoms with Gasteiger partial charge in [-0.25, -0.2) is 0 Å². The Bertz CT molecular complexity index is 1130. The minimum atomic E-state index is -0.480. The molecule has 0 spiro atoms. The molecule has 1 fully saturated rings. The van der Waals surface area contributed by atoms with Crippen LogP contribution in [0, 0.1) is 10.1 Å². The molecule has 1 saturated heterocycles. The fraction of sp³-hybridized carbons (Fsp3) is 0.280. The lowest BCUT2D eigenvalue weighted by molar-refractivity contribution is -0.384. The Balaban J connectivity index is 1.54. The molecule has 8 nitrogen and oxygen atoms in total. The topological polar surface area (TPSA) is 100 Å². The average molecular weight is 446 g/mol. The molecular weight excluding hydrogens is 418 g/mol. The molecule has 1 aliphatic rings. The maximum atomic E-state index is 13.0.